The zero-order valence-electron chi connectivity index (χ0n) is 12.9. The van der Waals surface area contributed by atoms with Crippen molar-refractivity contribution in [1.29, 1.82) is 0 Å². The Hall–Kier alpha value is -1.30. The predicted octanol–water partition coefficient (Wildman–Crippen LogP) is 1.51. The second-order valence-electron chi connectivity index (χ2n) is 5.15. The maximum absolute atomic E-state index is 8.63. The summed E-state index contributed by atoms with van der Waals surface area (Å²) in [6, 6.07) is 4.17. The molecule has 2 rings (SSSR count). The third-order valence-electron chi connectivity index (χ3n) is 3.35. The van der Waals surface area contributed by atoms with Crippen LogP contribution < -0.4 is 14.8 Å². The second kappa shape index (κ2) is 8.22. The number of benzene rings is 1. The molecule has 0 radical (unpaired) electrons. The molecule has 5 nitrogen and oxygen atoms in total. The van der Waals surface area contributed by atoms with Crippen LogP contribution in [-0.4, -0.2) is 44.2 Å². The number of nitrogens with one attached hydrogen (secondary N) is 1. The van der Waals surface area contributed by atoms with E-state index in [-0.39, 0.29) is 12.7 Å². The van der Waals surface area contributed by atoms with E-state index in [0.717, 1.165) is 30.0 Å². The lowest BCUT2D eigenvalue weighted by Gasteiger charge is -2.13. The summed E-state index contributed by atoms with van der Waals surface area (Å²) >= 11 is 0. The Morgan fingerprint density at radius 2 is 2.24 bits per heavy atom. The molecule has 0 spiro atoms. The van der Waals surface area contributed by atoms with Crippen molar-refractivity contribution in [2.75, 3.05) is 33.0 Å². The molecule has 0 saturated carbocycles. The van der Waals surface area contributed by atoms with Crippen molar-refractivity contribution in [1.82, 2.24) is 5.32 Å². The normalized spacial score (nSPS) is 16.6. The summed E-state index contributed by atoms with van der Waals surface area (Å²) in [5.41, 5.74) is 2.33. The first-order valence-corrected chi connectivity index (χ1v) is 7.59. The van der Waals surface area contributed by atoms with Crippen molar-refractivity contribution in [3.63, 3.8) is 0 Å². The van der Waals surface area contributed by atoms with Crippen molar-refractivity contribution < 1.29 is 19.3 Å². The summed E-state index contributed by atoms with van der Waals surface area (Å²) in [5.74, 6) is 1.90. The van der Waals surface area contributed by atoms with Gasteiger partial charge in [-0.3, -0.25) is 0 Å². The van der Waals surface area contributed by atoms with Crippen molar-refractivity contribution in [2.45, 2.75) is 32.9 Å². The van der Waals surface area contributed by atoms with Crippen LogP contribution in [0.1, 0.15) is 25.0 Å². The third kappa shape index (κ3) is 4.59. The first-order valence-electron chi connectivity index (χ1n) is 7.59. The van der Waals surface area contributed by atoms with Crippen LogP contribution in [0.2, 0.25) is 0 Å². The Morgan fingerprint density at radius 1 is 1.38 bits per heavy atom. The van der Waals surface area contributed by atoms with Crippen LogP contribution in [0.15, 0.2) is 12.1 Å². The van der Waals surface area contributed by atoms with Gasteiger partial charge < -0.3 is 24.6 Å². The maximum Gasteiger partial charge on any atom is 0.124 e. The maximum atomic E-state index is 8.63. The fourth-order valence-corrected chi connectivity index (χ4v) is 2.44. The molecule has 5 heteroatoms. The van der Waals surface area contributed by atoms with E-state index in [1.807, 2.05) is 6.92 Å². The number of hydrogen-bond acceptors (Lipinski definition) is 5. The van der Waals surface area contributed by atoms with E-state index in [9.17, 15) is 0 Å². The Labute approximate surface area is 126 Å². The van der Waals surface area contributed by atoms with E-state index in [4.69, 9.17) is 19.3 Å². The third-order valence-corrected chi connectivity index (χ3v) is 3.35. The summed E-state index contributed by atoms with van der Waals surface area (Å²) in [7, 11) is 0. The van der Waals surface area contributed by atoms with Crippen molar-refractivity contribution in [3.05, 3.63) is 23.3 Å². The van der Waals surface area contributed by atoms with Gasteiger partial charge in [0.25, 0.3) is 0 Å². The van der Waals surface area contributed by atoms with Gasteiger partial charge in [0.05, 0.1) is 26.4 Å². The van der Waals surface area contributed by atoms with Gasteiger partial charge >= 0.3 is 0 Å². The van der Waals surface area contributed by atoms with Gasteiger partial charge in [-0.15, -0.1) is 0 Å². The van der Waals surface area contributed by atoms with Gasteiger partial charge in [-0.05, 0) is 26.0 Å². The smallest absolute Gasteiger partial charge is 0.124 e. The van der Waals surface area contributed by atoms with E-state index >= 15 is 0 Å². The lowest BCUT2D eigenvalue weighted by Crippen LogP contribution is -2.20. The van der Waals surface area contributed by atoms with E-state index in [1.54, 1.807) is 0 Å². The first-order chi connectivity index (χ1) is 10.2. The van der Waals surface area contributed by atoms with Crippen LogP contribution in [0.25, 0.3) is 0 Å². The molecule has 118 valence electrons. The lowest BCUT2D eigenvalue weighted by molar-refractivity contribution is 0.0937. The number of rotatable bonds is 9. The minimum atomic E-state index is 0.0643. The molecule has 0 bridgehead atoms. The monoisotopic (exact) mass is 295 g/mol. The Morgan fingerprint density at radius 3 is 3.00 bits per heavy atom. The topological polar surface area (TPSA) is 60.0 Å². The van der Waals surface area contributed by atoms with Crippen molar-refractivity contribution in [2.24, 2.45) is 0 Å². The van der Waals surface area contributed by atoms with Gasteiger partial charge in [0.1, 0.15) is 17.6 Å². The van der Waals surface area contributed by atoms with Crippen LogP contribution in [0.4, 0.5) is 0 Å². The Bertz CT molecular complexity index is 450. The van der Waals surface area contributed by atoms with Crippen LogP contribution in [0.5, 0.6) is 11.5 Å². The quantitative estimate of drug-likeness (QED) is 0.676. The fourth-order valence-electron chi connectivity index (χ4n) is 2.44. The number of aliphatic hydroxyl groups is 1. The highest BCUT2D eigenvalue weighted by atomic mass is 16.5. The predicted molar refractivity (Wildman–Crippen MR) is 81.0 cm³/mol. The molecule has 0 aromatic heterocycles. The summed E-state index contributed by atoms with van der Waals surface area (Å²) < 4.78 is 16.8. The van der Waals surface area contributed by atoms with Gasteiger partial charge in [-0.25, -0.2) is 0 Å². The van der Waals surface area contributed by atoms with Crippen molar-refractivity contribution >= 4 is 0 Å². The van der Waals surface area contributed by atoms with E-state index < -0.39 is 0 Å². The molecule has 21 heavy (non-hydrogen) atoms. The first kappa shape index (κ1) is 16.1. The highest BCUT2D eigenvalue weighted by Crippen LogP contribution is 2.35. The molecule has 1 aliphatic rings. The molecule has 0 aliphatic carbocycles. The minimum absolute atomic E-state index is 0.0643. The summed E-state index contributed by atoms with van der Waals surface area (Å²) in [6.07, 6.45) is 1.18. The molecule has 1 aliphatic heterocycles. The van der Waals surface area contributed by atoms with Gasteiger partial charge in [0.15, 0.2) is 0 Å². The second-order valence-corrected chi connectivity index (χ2v) is 5.15. The summed E-state index contributed by atoms with van der Waals surface area (Å²) in [5, 5.41) is 12.0. The number of fused-ring (bicyclic) bond motifs is 1. The molecule has 0 saturated heterocycles. The molecule has 1 aromatic carbocycles. The van der Waals surface area contributed by atoms with Crippen LogP contribution >= 0.6 is 0 Å². The molecule has 0 amide bonds. The molecular formula is C16H25NO4. The van der Waals surface area contributed by atoms with Crippen LogP contribution in [0.3, 0.4) is 0 Å². The van der Waals surface area contributed by atoms with Gasteiger partial charge in [0, 0.05) is 30.6 Å². The minimum Gasteiger partial charge on any atom is -0.494 e. The average Bonchev–Trinajstić information content (AvgIpc) is 2.82. The molecule has 1 unspecified atom stereocenters. The average molecular weight is 295 g/mol. The molecule has 1 heterocycles. The van der Waals surface area contributed by atoms with E-state index in [1.165, 1.54) is 5.56 Å². The van der Waals surface area contributed by atoms with Gasteiger partial charge in [0.2, 0.25) is 0 Å². The number of ether oxygens (including phenoxy) is 3. The zero-order valence-corrected chi connectivity index (χ0v) is 12.9. The molecule has 1 atom stereocenters. The number of aliphatic hydroxyl groups excluding tert-OH is 1. The van der Waals surface area contributed by atoms with E-state index in [0.29, 0.717) is 26.4 Å². The van der Waals surface area contributed by atoms with Crippen LogP contribution in [0, 0.1) is 0 Å². The fraction of sp³-hybridized carbons (Fsp3) is 0.625. The Kier molecular flexibility index (Phi) is 6.29. The standard InChI is InChI=1S/C16H25NO4/c1-3-20-15-9-13-8-12(2)21-16(13)10-14(15)11-17-4-6-19-7-5-18/h9-10,12,17-18H,3-8,11H2,1-2H3. The molecule has 1 aromatic rings. The SMILES string of the molecule is CCOc1cc2c(cc1CNCCOCCO)OC(C)C2. The summed E-state index contributed by atoms with van der Waals surface area (Å²) in [4.78, 5) is 0. The van der Waals surface area contributed by atoms with Gasteiger partial charge in [-0.2, -0.15) is 0 Å². The Balaban J connectivity index is 1.93. The molecular weight excluding hydrogens is 270 g/mol. The number of hydrogen-bond donors (Lipinski definition) is 2. The van der Waals surface area contributed by atoms with E-state index in [2.05, 4.69) is 24.4 Å². The lowest BCUT2D eigenvalue weighted by atomic mass is 10.1. The largest absolute Gasteiger partial charge is 0.494 e. The molecule has 2 N–H and O–H groups in total. The zero-order chi connectivity index (χ0) is 15.1. The van der Waals surface area contributed by atoms with Crippen molar-refractivity contribution in [3.8, 4) is 11.5 Å². The molecule has 0 fully saturated rings. The van der Waals surface area contributed by atoms with Crippen LogP contribution in [-0.2, 0) is 17.7 Å². The highest BCUT2D eigenvalue weighted by Gasteiger charge is 2.21. The highest BCUT2D eigenvalue weighted by molar-refractivity contribution is 5.48. The summed E-state index contributed by atoms with van der Waals surface area (Å²) in [6.45, 7) is 7.21. The van der Waals surface area contributed by atoms with Gasteiger partial charge in [-0.1, -0.05) is 0 Å².